The van der Waals surface area contributed by atoms with Crippen molar-refractivity contribution in [3.63, 3.8) is 0 Å². The van der Waals surface area contributed by atoms with Gasteiger partial charge in [0, 0.05) is 34.6 Å². The Bertz CT molecular complexity index is 1150. The molecule has 1 atom stereocenters. The molecule has 1 aromatic heterocycles. The first-order chi connectivity index (χ1) is 14.2. The smallest absolute Gasteiger partial charge is 0.255 e. The third kappa shape index (κ3) is 3.84. The van der Waals surface area contributed by atoms with E-state index in [0.29, 0.717) is 22.9 Å². The van der Waals surface area contributed by atoms with Gasteiger partial charge in [-0.15, -0.1) is 0 Å². The molecule has 0 bridgehead atoms. The summed E-state index contributed by atoms with van der Waals surface area (Å²) in [5.74, 6) is 0.268. The number of H-pyrrole nitrogens is 1. The Morgan fingerprint density at radius 1 is 1.00 bits per heavy atom. The third-order valence-electron chi connectivity index (χ3n) is 5.10. The Morgan fingerprint density at radius 3 is 2.55 bits per heavy atom. The molecular formula is C24H21ClN2O2. The van der Waals surface area contributed by atoms with E-state index in [2.05, 4.69) is 16.4 Å². The van der Waals surface area contributed by atoms with E-state index in [-0.39, 0.29) is 11.8 Å². The van der Waals surface area contributed by atoms with E-state index >= 15 is 0 Å². The Morgan fingerprint density at radius 2 is 1.72 bits per heavy atom. The van der Waals surface area contributed by atoms with E-state index in [1.54, 1.807) is 19.2 Å². The predicted molar refractivity (Wildman–Crippen MR) is 117 cm³/mol. The number of amides is 1. The standard InChI is InChI=1S/C24H21ClN2O2/c1-29-23-13-7-4-10-18(23)24(28)27-15-19(16-8-2-5-11-21(16)25)20-14-26-22-12-6-3-9-17(20)22/h2-14,19,26H,15H2,1H3,(H,27,28)/t19-/m0/s1. The average Bonchev–Trinajstić information content (AvgIpc) is 3.19. The fraction of sp³-hybridized carbons (Fsp3) is 0.125. The molecule has 0 saturated carbocycles. The van der Waals surface area contributed by atoms with Crippen LogP contribution >= 0.6 is 11.6 Å². The van der Waals surface area contributed by atoms with Crippen LogP contribution in [-0.2, 0) is 0 Å². The number of rotatable bonds is 6. The molecule has 1 amide bonds. The normalized spacial score (nSPS) is 11.9. The molecule has 4 rings (SSSR count). The molecule has 146 valence electrons. The molecule has 0 fully saturated rings. The van der Waals surface area contributed by atoms with Crippen molar-refractivity contribution >= 4 is 28.4 Å². The van der Waals surface area contributed by atoms with Gasteiger partial charge in [-0.1, -0.05) is 60.1 Å². The average molecular weight is 405 g/mol. The van der Waals surface area contributed by atoms with Gasteiger partial charge in [0.25, 0.3) is 5.91 Å². The zero-order valence-electron chi connectivity index (χ0n) is 16.0. The lowest BCUT2D eigenvalue weighted by molar-refractivity contribution is 0.0949. The Labute approximate surface area is 174 Å². The van der Waals surface area contributed by atoms with E-state index in [0.717, 1.165) is 22.0 Å². The number of aromatic nitrogens is 1. The van der Waals surface area contributed by atoms with Gasteiger partial charge in [0.1, 0.15) is 5.75 Å². The molecule has 2 N–H and O–H groups in total. The highest BCUT2D eigenvalue weighted by molar-refractivity contribution is 6.31. The van der Waals surface area contributed by atoms with Crippen LogP contribution in [0.2, 0.25) is 5.02 Å². The van der Waals surface area contributed by atoms with Gasteiger partial charge in [-0.3, -0.25) is 4.79 Å². The van der Waals surface area contributed by atoms with Gasteiger partial charge in [0.05, 0.1) is 12.7 Å². The van der Waals surface area contributed by atoms with Gasteiger partial charge < -0.3 is 15.0 Å². The minimum Gasteiger partial charge on any atom is -0.496 e. The highest BCUT2D eigenvalue weighted by Crippen LogP contribution is 2.34. The molecule has 3 aromatic carbocycles. The van der Waals surface area contributed by atoms with Crippen LogP contribution in [-0.4, -0.2) is 24.5 Å². The van der Waals surface area contributed by atoms with Crippen LogP contribution in [0.15, 0.2) is 79.0 Å². The van der Waals surface area contributed by atoms with Crippen molar-refractivity contribution in [1.82, 2.24) is 10.3 Å². The van der Waals surface area contributed by atoms with Crippen LogP contribution in [0.5, 0.6) is 5.75 Å². The lowest BCUT2D eigenvalue weighted by Crippen LogP contribution is -2.29. The van der Waals surface area contributed by atoms with Gasteiger partial charge >= 0.3 is 0 Å². The van der Waals surface area contributed by atoms with Crippen LogP contribution < -0.4 is 10.1 Å². The fourth-order valence-electron chi connectivity index (χ4n) is 3.65. The number of para-hydroxylation sites is 2. The van der Waals surface area contributed by atoms with Crippen molar-refractivity contribution in [2.24, 2.45) is 0 Å². The number of hydrogen-bond acceptors (Lipinski definition) is 2. The summed E-state index contributed by atoms with van der Waals surface area (Å²) in [4.78, 5) is 16.2. The first-order valence-electron chi connectivity index (χ1n) is 9.40. The molecule has 0 spiro atoms. The van der Waals surface area contributed by atoms with Crippen LogP contribution in [0, 0.1) is 0 Å². The van der Waals surface area contributed by atoms with Gasteiger partial charge in [-0.05, 0) is 35.4 Å². The Kier molecular flexibility index (Phi) is 5.54. The lowest BCUT2D eigenvalue weighted by atomic mass is 9.90. The molecule has 4 nitrogen and oxygen atoms in total. The maximum atomic E-state index is 12.8. The van der Waals surface area contributed by atoms with E-state index in [1.165, 1.54) is 0 Å². The number of fused-ring (bicyclic) bond motifs is 1. The van der Waals surface area contributed by atoms with Crippen LogP contribution in [0.3, 0.4) is 0 Å². The van der Waals surface area contributed by atoms with Crippen molar-refractivity contribution < 1.29 is 9.53 Å². The summed E-state index contributed by atoms with van der Waals surface area (Å²) in [6, 6.07) is 23.1. The van der Waals surface area contributed by atoms with Gasteiger partial charge in [-0.2, -0.15) is 0 Å². The van der Waals surface area contributed by atoms with Crippen molar-refractivity contribution in [1.29, 1.82) is 0 Å². The summed E-state index contributed by atoms with van der Waals surface area (Å²) in [6.45, 7) is 0.405. The predicted octanol–water partition coefficient (Wildman–Crippen LogP) is 5.39. The molecule has 0 aliphatic heterocycles. The van der Waals surface area contributed by atoms with Crippen molar-refractivity contribution in [2.45, 2.75) is 5.92 Å². The summed E-state index contributed by atoms with van der Waals surface area (Å²) in [5, 5.41) is 4.85. The van der Waals surface area contributed by atoms with E-state index in [9.17, 15) is 4.79 Å². The second kappa shape index (κ2) is 8.41. The fourth-order valence-corrected chi connectivity index (χ4v) is 3.92. The van der Waals surface area contributed by atoms with Gasteiger partial charge in [-0.25, -0.2) is 0 Å². The summed E-state index contributed by atoms with van der Waals surface area (Å²) >= 11 is 6.52. The molecule has 0 unspecified atom stereocenters. The quantitative estimate of drug-likeness (QED) is 0.452. The van der Waals surface area contributed by atoms with Crippen molar-refractivity contribution in [2.75, 3.05) is 13.7 Å². The summed E-state index contributed by atoms with van der Waals surface area (Å²) in [7, 11) is 1.56. The molecule has 1 heterocycles. The molecule has 4 aromatic rings. The van der Waals surface area contributed by atoms with Crippen LogP contribution in [0.1, 0.15) is 27.4 Å². The molecule has 29 heavy (non-hydrogen) atoms. The zero-order chi connectivity index (χ0) is 20.2. The van der Waals surface area contributed by atoms with Crippen LogP contribution in [0.4, 0.5) is 0 Å². The summed E-state index contributed by atoms with van der Waals surface area (Å²) in [5.41, 5.74) is 3.62. The first-order valence-corrected chi connectivity index (χ1v) is 9.78. The molecule has 5 heteroatoms. The minimum absolute atomic E-state index is 0.0986. The van der Waals surface area contributed by atoms with Gasteiger partial charge in [0.15, 0.2) is 0 Å². The highest BCUT2D eigenvalue weighted by Gasteiger charge is 2.22. The molecular weight excluding hydrogens is 384 g/mol. The van der Waals surface area contributed by atoms with E-state index < -0.39 is 0 Å². The first kappa shape index (κ1) is 19.1. The van der Waals surface area contributed by atoms with Crippen LogP contribution in [0.25, 0.3) is 10.9 Å². The topological polar surface area (TPSA) is 54.1 Å². The van der Waals surface area contributed by atoms with Crippen molar-refractivity contribution in [3.05, 3.63) is 101 Å². The minimum atomic E-state index is -0.181. The maximum Gasteiger partial charge on any atom is 0.255 e. The number of methoxy groups -OCH3 is 1. The number of benzene rings is 3. The summed E-state index contributed by atoms with van der Waals surface area (Å²) < 4.78 is 5.32. The Hall–Kier alpha value is -3.24. The maximum absolute atomic E-state index is 12.8. The number of hydrogen-bond donors (Lipinski definition) is 2. The summed E-state index contributed by atoms with van der Waals surface area (Å²) in [6.07, 6.45) is 1.99. The second-order valence-electron chi connectivity index (χ2n) is 6.77. The highest BCUT2D eigenvalue weighted by atomic mass is 35.5. The monoisotopic (exact) mass is 404 g/mol. The molecule has 0 radical (unpaired) electrons. The molecule has 0 aliphatic carbocycles. The number of halogens is 1. The Balaban J connectivity index is 1.68. The molecule has 0 saturated heterocycles. The third-order valence-corrected chi connectivity index (χ3v) is 5.44. The second-order valence-corrected chi connectivity index (χ2v) is 7.18. The number of aromatic amines is 1. The van der Waals surface area contributed by atoms with Gasteiger partial charge in [0.2, 0.25) is 0 Å². The van der Waals surface area contributed by atoms with Crippen molar-refractivity contribution in [3.8, 4) is 5.75 Å². The largest absolute Gasteiger partial charge is 0.496 e. The van der Waals surface area contributed by atoms with E-state index in [4.69, 9.17) is 16.3 Å². The zero-order valence-corrected chi connectivity index (χ0v) is 16.7. The lowest BCUT2D eigenvalue weighted by Gasteiger charge is -2.20. The number of ether oxygens (including phenoxy) is 1. The molecule has 0 aliphatic rings. The number of carbonyl (C=O) groups is 1. The van der Waals surface area contributed by atoms with E-state index in [1.807, 2.05) is 60.8 Å². The number of carbonyl (C=O) groups excluding carboxylic acids is 1. The number of nitrogens with one attached hydrogen (secondary N) is 2. The SMILES string of the molecule is COc1ccccc1C(=O)NC[C@@H](c1ccccc1Cl)c1c[nH]c2ccccc12.